The molecule has 0 aromatic heterocycles. The number of carbonyl (C=O) groups is 2. The third kappa shape index (κ3) is 8.98. The highest BCUT2D eigenvalue weighted by molar-refractivity contribution is 7.92. The lowest BCUT2D eigenvalue weighted by Crippen LogP contribution is -2.56. The third-order valence-corrected chi connectivity index (χ3v) is 7.59. The molecular weight excluding hydrogens is 557 g/mol. The van der Waals surface area contributed by atoms with E-state index in [0.29, 0.717) is 15.6 Å². The summed E-state index contributed by atoms with van der Waals surface area (Å²) in [6.07, 6.45) is 1.24. The summed E-state index contributed by atoms with van der Waals surface area (Å²) in [5.74, 6) is -0.925. The van der Waals surface area contributed by atoms with Crippen molar-refractivity contribution in [3.63, 3.8) is 0 Å². The van der Waals surface area contributed by atoms with E-state index < -0.39 is 34.1 Å². The molecule has 2 amide bonds. The van der Waals surface area contributed by atoms with Gasteiger partial charge in [0, 0.05) is 28.5 Å². The maximum absolute atomic E-state index is 14.0. The number of carbonyl (C=O) groups excluding carboxylic acids is 2. The minimum Gasteiger partial charge on any atom is -0.350 e. The van der Waals surface area contributed by atoms with Gasteiger partial charge in [0.05, 0.1) is 11.9 Å². The molecule has 3 rings (SSSR count). The Morgan fingerprint density at radius 2 is 1.56 bits per heavy atom. The molecule has 0 saturated heterocycles. The van der Waals surface area contributed by atoms with Gasteiger partial charge in [-0.05, 0) is 56.2 Å². The van der Waals surface area contributed by atoms with Gasteiger partial charge in [-0.1, -0.05) is 77.8 Å². The lowest BCUT2D eigenvalue weighted by atomic mass is 10.0. The van der Waals surface area contributed by atoms with Gasteiger partial charge in [-0.25, -0.2) is 8.42 Å². The van der Waals surface area contributed by atoms with Crippen LogP contribution in [0.4, 0.5) is 5.69 Å². The molecule has 0 aliphatic rings. The highest BCUT2D eigenvalue weighted by Crippen LogP contribution is 2.24. The van der Waals surface area contributed by atoms with E-state index in [4.69, 9.17) is 23.2 Å². The minimum atomic E-state index is -3.88. The number of rotatable bonds is 10. The number of hydrogen-bond donors (Lipinski definition) is 1. The molecule has 0 aliphatic carbocycles. The van der Waals surface area contributed by atoms with Gasteiger partial charge < -0.3 is 10.2 Å². The van der Waals surface area contributed by atoms with Crippen molar-refractivity contribution in [2.45, 2.75) is 45.3 Å². The number of hydrogen-bond acceptors (Lipinski definition) is 4. The van der Waals surface area contributed by atoms with Gasteiger partial charge in [0.1, 0.15) is 12.6 Å². The summed E-state index contributed by atoms with van der Waals surface area (Å²) in [5, 5.41) is 3.74. The Hall–Kier alpha value is -3.07. The Labute approximate surface area is 240 Å². The molecule has 0 saturated carbocycles. The largest absolute Gasteiger partial charge is 0.350 e. The summed E-state index contributed by atoms with van der Waals surface area (Å²) in [7, 11) is -3.88. The van der Waals surface area contributed by atoms with E-state index in [0.717, 1.165) is 16.1 Å². The molecule has 7 nitrogen and oxygen atoms in total. The van der Waals surface area contributed by atoms with Crippen LogP contribution in [0.5, 0.6) is 0 Å². The van der Waals surface area contributed by atoms with E-state index in [1.54, 1.807) is 42.5 Å². The topological polar surface area (TPSA) is 86.8 Å². The first kappa shape index (κ1) is 30.5. The predicted octanol–water partition coefficient (Wildman–Crippen LogP) is 5.31. The van der Waals surface area contributed by atoms with Crippen molar-refractivity contribution >= 4 is 50.7 Å². The maximum atomic E-state index is 14.0. The minimum absolute atomic E-state index is 0.000712. The van der Waals surface area contributed by atoms with Gasteiger partial charge in [0.2, 0.25) is 21.8 Å². The molecule has 3 aromatic carbocycles. The second kappa shape index (κ2) is 12.9. The average Bonchev–Trinajstić information content (AvgIpc) is 2.84. The van der Waals surface area contributed by atoms with Crippen molar-refractivity contribution in [2.75, 3.05) is 17.1 Å². The van der Waals surface area contributed by atoms with Crippen molar-refractivity contribution in [1.82, 2.24) is 10.2 Å². The van der Waals surface area contributed by atoms with E-state index in [2.05, 4.69) is 5.32 Å². The highest BCUT2D eigenvalue weighted by atomic mass is 35.5. The Bertz CT molecular complexity index is 1410. The summed E-state index contributed by atoms with van der Waals surface area (Å²) >= 11 is 12.6. The van der Waals surface area contributed by atoms with Gasteiger partial charge in [-0.2, -0.15) is 0 Å². The van der Waals surface area contributed by atoms with Gasteiger partial charge in [0.15, 0.2) is 0 Å². The Balaban J connectivity index is 2.09. The highest BCUT2D eigenvalue weighted by Gasteiger charge is 2.34. The van der Waals surface area contributed by atoms with Crippen LogP contribution in [0.1, 0.15) is 31.9 Å². The molecule has 0 spiro atoms. The fraction of sp³-hybridized carbons (Fsp3) is 0.310. The molecule has 1 unspecified atom stereocenters. The van der Waals surface area contributed by atoms with Crippen LogP contribution in [0, 0.1) is 0 Å². The zero-order valence-corrected chi connectivity index (χ0v) is 24.7. The van der Waals surface area contributed by atoms with Crippen molar-refractivity contribution in [3.05, 3.63) is 100 Å². The Kier molecular flexibility index (Phi) is 10.0. The van der Waals surface area contributed by atoms with Crippen LogP contribution in [0.3, 0.4) is 0 Å². The van der Waals surface area contributed by atoms with Crippen LogP contribution in [-0.4, -0.2) is 49.5 Å². The molecule has 3 aromatic rings. The quantitative estimate of drug-likeness (QED) is 0.347. The molecule has 0 radical (unpaired) electrons. The van der Waals surface area contributed by atoms with E-state index >= 15 is 0 Å². The number of amides is 2. The molecule has 39 heavy (non-hydrogen) atoms. The van der Waals surface area contributed by atoms with Crippen LogP contribution in [0.25, 0.3) is 0 Å². The van der Waals surface area contributed by atoms with Crippen LogP contribution in [0.15, 0.2) is 78.9 Å². The molecule has 1 atom stereocenters. The van der Waals surface area contributed by atoms with Crippen molar-refractivity contribution in [3.8, 4) is 0 Å². The fourth-order valence-electron chi connectivity index (χ4n) is 4.06. The first-order valence-corrected chi connectivity index (χ1v) is 15.0. The zero-order chi connectivity index (χ0) is 28.8. The molecule has 0 fully saturated rings. The summed E-state index contributed by atoms with van der Waals surface area (Å²) < 4.78 is 26.6. The predicted molar refractivity (Wildman–Crippen MR) is 157 cm³/mol. The standard InChI is InChI=1S/C29H33Cl2N3O4S/c1-29(2,3)32-28(36)26(17-21-11-6-5-7-12-21)33(19-22-13-8-9-16-25(22)31)27(35)20-34(39(4,37)38)24-15-10-14-23(30)18-24/h5-16,18,26H,17,19-20H2,1-4H3,(H,32,36). The number of benzene rings is 3. The van der Waals surface area contributed by atoms with Gasteiger partial charge in [-0.15, -0.1) is 0 Å². The zero-order valence-electron chi connectivity index (χ0n) is 22.4. The lowest BCUT2D eigenvalue weighted by Gasteiger charge is -2.35. The normalized spacial score (nSPS) is 12.5. The molecular formula is C29H33Cl2N3O4S. The molecule has 1 N–H and O–H groups in total. The number of halogens is 2. The lowest BCUT2D eigenvalue weighted by molar-refractivity contribution is -0.140. The van der Waals surface area contributed by atoms with Gasteiger partial charge in [0.25, 0.3) is 0 Å². The first-order valence-electron chi connectivity index (χ1n) is 12.4. The Morgan fingerprint density at radius 3 is 2.15 bits per heavy atom. The number of nitrogens with zero attached hydrogens (tertiary/aromatic N) is 2. The van der Waals surface area contributed by atoms with Crippen LogP contribution < -0.4 is 9.62 Å². The van der Waals surface area contributed by atoms with E-state index in [1.807, 2.05) is 51.1 Å². The Morgan fingerprint density at radius 1 is 0.923 bits per heavy atom. The van der Waals surface area contributed by atoms with Crippen molar-refractivity contribution in [2.24, 2.45) is 0 Å². The number of sulfonamides is 1. The van der Waals surface area contributed by atoms with Crippen LogP contribution >= 0.6 is 23.2 Å². The van der Waals surface area contributed by atoms with Gasteiger partial charge >= 0.3 is 0 Å². The molecule has 0 heterocycles. The fourth-order valence-corrected chi connectivity index (χ4v) is 5.28. The van der Waals surface area contributed by atoms with E-state index in [9.17, 15) is 18.0 Å². The molecule has 208 valence electrons. The summed E-state index contributed by atoms with van der Waals surface area (Å²) in [4.78, 5) is 29.1. The van der Waals surface area contributed by atoms with Crippen molar-refractivity contribution < 1.29 is 18.0 Å². The number of anilines is 1. The van der Waals surface area contributed by atoms with E-state index in [1.165, 1.54) is 11.0 Å². The molecule has 0 bridgehead atoms. The van der Waals surface area contributed by atoms with E-state index in [-0.39, 0.29) is 24.6 Å². The second-order valence-electron chi connectivity index (χ2n) is 10.3. The van der Waals surface area contributed by atoms with Crippen LogP contribution in [0.2, 0.25) is 10.0 Å². The monoisotopic (exact) mass is 589 g/mol. The van der Waals surface area contributed by atoms with Gasteiger partial charge in [-0.3, -0.25) is 13.9 Å². The second-order valence-corrected chi connectivity index (χ2v) is 13.1. The molecule has 0 aliphatic heterocycles. The first-order chi connectivity index (χ1) is 18.2. The maximum Gasteiger partial charge on any atom is 0.244 e. The average molecular weight is 591 g/mol. The molecule has 10 heteroatoms. The summed E-state index contributed by atoms with van der Waals surface area (Å²) in [6, 6.07) is 21.7. The SMILES string of the molecule is CC(C)(C)NC(=O)C(Cc1ccccc1)N(Cc1ccccc1Cl)C(=O)CN(c1cccc(Cl)c1)S(C)(=O)=O. The third-order valence-electron chi connectivity index (χ3n) is 5.84. The van der Waals surface area contributed by atoms with Crippen LogP contribution in [-0.2, 0) is 32.6 Å². The number of nitrogens with one attached hydrogen (secondary N) is 1. The smallest absolute Gasteiger partial charge is 0.244 e. The van der Waals surface area contributed by atoms with Crippen molar-refractivity contribution in [1.29, 1.82) is 0 Å². The summed E-state index contributed by atoms with van der Waals surface area (Å²) in [5.41, 5.74) is 1.15. The summed E-state index contributed by atoms with van der Waals surface area (Å²) in [6.45, 7) is 5.04.